The molecule has 0 saturated heterocycles. The molecule has 0 spiro atoms. The number of ether oxygens (including phenoxy) is 1. The van der Waals surface area contributed by atoms with Gasteiger partial charge in [-0.25, -0.2) is 14.6 Å². The summed E-state index contributed by atoms with van der Waals surface area (Å²) in [6, 6.07) is 2.10. The van der Waals surface area contributed by atoms with Crippen LogP contribution in [0.15, 0.2) is 23.5 Å². The highest BCUT2D eigenvalue weighted by Crippen LogP contribution is 2.23. The SMILES string of the molecule is COc1c(C)[nH]cc(CN(C)c2ncnc3c2cnn3CCC#N)c1=O. The monoisotopic (exact) mass is 353 g/mol. The molecule has 1 N–H and O–H groups in total. The molecule has 9 heteroatoms. The fraction of sp³-hybridized carbons (Fsp3) is 0.353. The van der Waals surface area contributed by atoms with Gasteiger partial charge in [-0.2, -0.15) is 10.4 Å². The fourth-order valence-electron chi connectivity index (χ4n) is 2.84. The van der Waals surface area contributed by atoms with Crippen molar-refractivity contribution in [3.8, 4) is 11.8 Å². The minimum atomic E-state index is -0.148. The Labute approximate surface area is 149 Å². The number of anilines is 1. The quantitative estimate of drug-likeness (QED) is 0.712. The second kappa shape index (κ2) is 7.23. The molecule has 0 atom stereocenters. The molecule has 0 aliphatic carbocycles. The first kappa shape index (κ1) is 17.4. The Hall–Kier alpha value is -3.41. The highest BCUT2D eigenvalue weighted by atomic mass is 16.5. The van der Waals surface area contributed by atoms with Crippen molar-refractivity contribution in [1.82, 2.24) is 24.7 Å². The molecule has 9 nitrogen and oxygen atoms in total. The van der Waals surface area contributed by atoms with Crippen LogP contribution in [0.2, 0.25) is 0 Å². The summed E-state index contributed by atoms with van der Waals surface area (Å²) >= 11 is 0. The van der Waals surface area contributed by atoms with Gasteiger partial charge in [-0.3, -0.25) is 4.79 Å². The van der Waals surface area contributed by atoms with Crippen molar-refractivity contribution in [1.29, 1.82) is 5.26 Å². The molecule has 3 heterocycles. The molecule has 0 unspecified atom stereocenters. The lowest BCUT2D eigenvalue weighted by Crippen LogP contribution is -2.24. The molecule has 0 bridgehead atoms. The standard InChI is InChI=1S/C17H19N7O2/c1-11-15(26-3)14(25)12(7-19-11)9-23(2)16-13-8-22-24(6-4-5-18)17(13)21-10-20-16/h7-8,10H,4,6,9H2,1-3H3,(H,19,25). The second-order valence-corrected chi connectivity index (χ2v) is 5.87. The van der Waals surface area contributed by atoms with Crippen LogP contribution in [-0.2, 0) is 13.1 Å². The predicted octanol–water partition coefficient (Wildman–Crippen LogP) is 1.38. The lowest BCUT2D eigenvalue weighted by Gasteiger charge is -2.19. The van der Waals surface area contributed by atoms with E-state index in [-0.39, 0.29) is 5.43 Å². The van der Waals surface area contributed by atoms with E-state index in [1.807, 2.05) is 11.9 Å². The zero-order valence-electron chi connectivity index (χ0n) is 14.9. The number of nitrogens with one attached hydrogen (secondary N) is 1. The summed E-state index contributed by atoms with van der Waals surface area (Å²) in [6.45, 7) is 2.60. The van der Waals surface area contributed by atoms with Crippen LogP contribution in [-0.4, -0.2) is 38.9 Å². The van der Waals surface area contributed by atoms with E-state index >= 15 is 0 Å². The number of methoxy groups -OCH3 is 1. The molecule has 0 aliphatic rings. The molecule has 134 valence electrons. The van der Waals surface area contributed by atoms with Crippen LogP contribution in [0.4, 0.5) is 5.82 Å². The Kier molecular flexibility index (Phi) is 4.84. The van der Waals surface area contributed by atoms with Crippen molar-refractivity contribution < 1.29 is 4.74 Å². The van der Waals surface area contributed by atoms with Crippen LogP contribution in [0, 0.1) is 18.3 Å². The maximum atomic E-state index is 12.5. The van der Waals surface area contributed by atoms with Gasteiger partial charge in [0.2, 0.25) is 5.43 Å². The van der Waals surface area contributed by atoms with E-state index in [2.05, 4.69) is 26.1 Å². The average Bonchev–Trinajstić information content (AvgIpc) is 3.05. The average molecular weight is 353 g/mol. The van der Waals surface area contributed by atoms with Gasteiger partial charge in [0.25, 0.3) is 0 Å². The van der Waals surface area contributed by atoms with Crippen molar-refractivity contribution in [3.05, 3.63) is 40.2 Å². The number of pyridine rings is 1. The van der Waals surface area contributed by atoms with Crippen LogP contribution in [0.5, 0.6) is 5.75 Å². The molecule has 0 fully saturated rings. The van der Waals surface area contributed by atoms with Crippen molar-refractivity contribution in [2.45, 2.75) is 26.4 Å². The van der Waals surface area contributed by atoms with Crippen molar-refractivity contribution in [2.75, 3.05) is 19.1 Å². The van der Waals surface area contributed by atoms with E-state index in [4.69, 9.17) is 10.00 Å². The van der Waals surface area contributed by atoms with Crippen LogP contribution in [0.3, 0.4) is 0 Å². The van der Waals surface area contributed by atoms with Crippen LogP contribution in [0.1, 0.15) is 17.7 Å². The lowest BCUT2D eigenvalue weighted by molar-refractivity contribution is 0.404. The van der Waals surface area contributed by atoms with Gasteiger partial charge in [0, 0.05) is 25.4 Å². The summed E-state index contributed by atoms with van der Waals surface area (Å²) in [4.78, 5) is 26.0. The number of hydrogen-bond acceptors (Lipinski definition) is 7. The van der Waals surface area contributed by atoms with Gasteiger partial charge in [-0.1, -0.05) is 0 Å². The van der Waals surface area contributed by atoms with Gasteiger partial charge in [0.1, 0.15) is 12.1 Å². The van der Waals surface area contributed by atoms with Gasteiger partial charge < -0.3 is 14.6 Å². The largest absolute Gasteiger partial charge is 0.491 e. The number of nitrogens with zero attached hydrogens (tertiary/aromatic N) is 6. The van der Waals surface area contributed by atoms with Gasteiger partial charge in [0.05, 0.1) is 43.4 Å². The Morgan fingerprint density at radius 1 is 1.42 bits per heavy atom. The van der Waals surface area contributed by atoms with Crippen LogP contribution in [0.25, 0.3) is 11.0 Å². The smallest absolute Gasteiger partial charge is 0.228 e. The zero-order valence-corrected chi connectivity index (χ0v) is 14.9. The van der Waals surface area contributed by atoms with Gasteiger partial charge in [0.15, 0.2) is 11.4 Å². The summed E-state index contributed by atoms with van der Waals surface area (Å²) in [5.41, 5.74) is 1.77. The number of aromatic nitrogens is 5. The van der Waals surface area contributed by atoms with E-state index in [0.29, 0.717) is 48.0 Å². The van der Waals surface area contributed by atoms with Crippen molar-refractivity contribution >= 4 is 16.9 Å². The van der Waals surface area contributed by atoms with Crippen LogP contribution >= 0.6 is 0 Å². The third-order valence-corrected chi connectivity index (χ3v) is 4.12. The molecule has 0 aliphatic heterocycles. The Morgan fingerprint density at radius 3 is 2.96 bits per heavy atom. The van der Waals surface area contributed by atoms with E-state index in [1.54, 1.807) is 24.0 Å². The Balaban J connectivity index is 1.94. The number of fused-ring (bicyclic) bond motifs is 1. The third-order valence-electron chi connectivity index (χ3n) is 4.12. The highest BCUT2D eigenvalue weighted by molar-refractivity contribution is 5.86. The van der Waals surface area contributed by atoms with E-state index in [9.17, 15) is 4.79 Å². The number of H-pyrrole nitrogens is 1. The molecule has 3 rings (SSSR count). The molecule has 3 aromatic heterocycles. The number of aromatic amines is 1. The maximum absolute atomic E-state index is 12.5. The van der Waals surface area contributed by atoms with E-state index in [1.165, 1.54) is 13.4 Å². The first-order valence-electron chi connectivity index (χ1n) is 8.06. The molecule has 0 aromatic carbocycles. The van der Waals surface area contributed by atoms with Gasteiger partial charge >= 0.3 is 0 Å². The topological polar surface area (TPSA) is 113 Å². The molecule has 26 heavy (non-hydrogen) atoms. The number of aryl methyl sites for hydroxylation is 2. The number of hydrogen-bond donors (Lipinski definition) is 1. The predicted molar refractivity (Wildman–Crippen MR) is 96.0 cm³/mol. The molecular formula is C17H19N7O2. The van der Waals surface area contributed by atoms with Crippen molar-refractivity contribution in [3.63, 3.8) is 0 Å². The van der Waals surface area contributed by atoms with Gasteiger partial charge in [-0.05, 0) is 6.92 Å². The molecule has 0 saturated carbocycles. The number of nitriles is 1. The third kappa shape index (κ3) is 3.09. The summed E-state index contributed by atoms with van der Waals surface area (Å²) < 4.78 is 6.87. The van der Waals surface area contributed by atoms with E-state index < -0.39 is 0 Å². The highest BCUT2D eigenvalue weighted by Gasteiger charge is 2.16. The minimum Gasteiger partial charge on any atom is -0.491 e. The zero-order chi connectivity index (χ0) is 18.7. The van der Waals surface area contributed by atoms with Gasteiger partial charge in [-0.15, -0.1) is 0 Å². The molecule has 0 amide bonds. The number of rotatable bonds is 6. The minimum absolute atomic E-state index is 0.148. The Morgan fingerprint density at radius 2 is 2.23 bits per heavy atom. The lowest BCUT2D eigenvalue weighted by atomic mass is 10.2. The van der Waals surface area contributed by atoms with E-state index in [0.717, 1.165) is 5.39 Å². The molecular weight excluding hydrogens is 334 g/mol. The first-order valence-corrected chi connectivity index (χ1v) is 8.06. The van der Waals surface area contributed by atoms with Crippen molar-refractivity contribution in [2.24, 2.45) is 0 Å². The summed E-state index contributed by atoms with van der Waals surface area (Å²) in [5, 5.41) is 13.8. The Bertz CT molecular complexity index is 1030. The maximum Gasteiger partial charge on any atom is 0.228 e. The molecule has 0 radical (unpaired) electrons. The normalized spacial score (nSPS) is 10.7. The molecule has 3 aromatic rings. The summed E-state index contributed by atoms with van der Waals surface area (Å²) in [7, 11) is 3.33. The summed E-state index contributed by atoms with van der Waals surface area (Å²) in [5.74, 6) is 0.977. The first-order chi connectivity index (χ1) is 12.6. The summed E-state index contributed by atoms with van der Waals surface area (Å²) in [6.07, 6.45) is 5.17. The second-order valence-electron chi connectivity index (χ2n) is 5.87. The fourth-order valence-corrected chi connectivity index (χ4v) is 2.84. The van der Waals surface area contributed by atoms with Crippen LogP contribution < -0.4 is 15.1 Å².